The van der Waals surface area contributed by atoms with Crippen LogP contribution in [0.2, 0.25) is 0 Å². The molecule has 1 aromatic heterocycles. The van der Waals surface area contributed by atoms with Crippen molar-refractivity contribution >= 4 is 29.1 Å². The zero-order valence-electron chi connectivity index (χ0n) is 14.8. The van der Waals surface area contributed by atoms with Crippen LogP contribution in [-0.2, 0) is 22.4 Å². The normalized spacial score (nSPS) is 15.2. The van der Waals surface area contributed by atoms with E-state index in [0.29, 0.717) is 11.3 Å². The number of thiophene rings is 1. The SMILES string of the molecule is CC(C)C[C@H](NC(=O)CNC(=O)c1cc2c(s1)CCCCC2)C(=O)O. The van der Waals surface area contributed by atoms with Crippen molar-refractivity contribution in [1.29, 1.82) is 0 Å². The lowest BCUT2D eigenvalue weighted by molar-refractivity contribution is -0.142. The molecule has 7 heteroatoms. The van der Waals surface area contributed by atoms with Crippen LogP contribution in [0.3, 0.4) is 0 Å². The molecule has 3 N–H and O–H groups in total. The lowest BCUT2D eigenvalue weighted by atomic mass is 10.0. The molecule has 1 aromatic rings. The van der Waals surface area contributed by atoms with Crippen molar-refractivity contribution in [1.82, 2.24) is 10.6 Å². The average molecular weight is 366 g/mol. The Kier molecular flexibility index (Phi) is 6.99. The first-order valence-corrected chi connectivity index (χ1v) is 9.60. The van der Waals surface area contributed by atoms with Gasteiger partial charge in [-0.2, -0.15) is 0 Å². The van der Waals surface area contributed by atoms with E-state index >= 15 is 0 Å². The highest BCUT2D eigenvalue weighted by molar-refractivity contribution is 7.14. The zero-order valence-corrected chi connectivity index (χ0v) is 15.6. The highest BCUT2D eigenvalue weighted by Crippen LogP contribution is 2.28. The average Bonchev–Trinajstić information content (AvgIpc) is 2.82. The topological polar surface area (TPSA) is 95.5 Å². The summed E-state index contributed by atoms with van der Waals surface area (Å²) in [7, 11) is 0. The van der Waals surface area contributed by atoms with Crippen LogP contribution in [0.1, 0.15) is 59.6 Å². The van der Waals surface area contributed by atoms with Gasteiger partial charge in [0.15, 0.2) is 0 Å². The highest BCUT2D eigenvalue weighted by atomic mass is 32.1. The van der Waals surface area contributed by atoms with Crippen LogP contribution in [-0.4, -0.2) is 35.5 Å². The second kappa shape index (κ2) is 8.99. The molecule has 0 bridgehead atoms. The van der Waals surface area contributed by atoms with Crippen LogP contribution in [0.5, 0.6) is 0 Å². The molecule has 1 heterocycles. The minimum absolute atomic E-state index is 0.150. The van der Waals surface area contributed by atoms with E-state index in [1.807, 2.05) is 19.9 Å². The minimum atomic E-state index is -1.06. The third-order valence-corrected chi connectivity index (χ3v) is 5.46. The number of aryl methyl sites for hydroxylation is 2. The second-order valence-electron chi connectivity index (χ2n) is 6.89. The summed E-state index contributed by atoms with van der Waals surface area (Å²) in [6, 6.07) is 0.999. The van der Waals surface area contributed by atoms with E-state index in [0.717, 1.165) is 25.7 Å². The first-order valence-electron chi connectivity index (χ1n) is 8.78. The maximum absolute atomic E-state index is 12.3. The van der Waals surface area contributed by atoms with E-state index in [1.54, 1.807) is 0 Å². The van der Waals surface area contributed by atoms with Crippen LogP contribution in [0, 0.1) is 5.92 Å². The Balaban J connectivity index is 1.86. The molecule has 2 rings (SSSR count). The number of rotatable bonds is 7. The fourth-order valence-corrected chi connectivity index (χ4v) is 4.14. The monoisotopic (exact) mass is 366 g/mol. The van der Waals surface area contributed by atoms with Gasteiger partial charge in [0.25, 0.3) is 5.91 Å². The molecule has 0 saturated carbocycles. The summed E-state index contributed by atoms with van der Waals surface area (Å²) < 4.78 is 0. The molecule has 0 unspecified atom stereocenters. The Hall–Kier alpha value is -1.89. The van der Waals surface area contributed by atoms with Crippen molar-refractivity contribution in [2.24, 2.45) is 5.92 Å². The molecule has 0 spiro atoms. The first-order chi connectivity index (χ1) is 11.9. The van der Waals surface area contributed by atoms with Gasteiger partial charge in [0, 0.05) is 4.88 Å². The lowest BCUT2D eigenvalue weighted by Gasteiger charge is -2.16. The number of carboxylic acids is 1. The molecule has 0 aromatic carbocycles. The largest absolute Gasteiger partial charge is 0.480 e. The Morgan fingerprint density at radius 2 is 1.92 bits per heavy atom. The number of nitrogens with one attached hydrogen (secondary N) is 2. The Morgan fingerprint density at radius 3 is 2.60 bits per heavy atom. The fourth-order valence-electron chi connectivity index (χ4n) is 2.97. The van der Waals surface area contributed by atoms with E-state index in [9.17, 15) is 14.4 Å². The molecule has 1 aliphatic carbocycles. The van der Waals surface area contributed by atoms with Crippen LogP contribution >= 0.6 is 11.3 Å². The first kappa shape index (κ1) is 19.4. The molecule has 0 aliphatic heterocycles. The molecule has 25 heavy (non-hydrogen) atoms. The van der Waals surface area contributed by atoms with Gasteiger partial charge in [-0.05, 0) is 49.7 Å². The molecule has 138 valence electrons. The van der Waals surface area contributed by atoms with Gasteiger partial charge in [-0.1, -0.05) is 20.3 Å². The van der Waals surface area contributed by atoms with Crippen molar-refractivity contribution in [3.05, 3.63) is 21.4 Å². The van der Waals surface area contributed by atoms with Crippen LogP contribution in [0.4, 0.5) is 0 Å². The van der Waals surface area contributed by atoms with E-state index < -0.39 is 17.9 Å². The molecule has 6 nitrogen and oxygen atoms in total. The summed E-state index contributed by atoms with van der Waals surface area (Å²) in [5.41, 5.74) is 1.25. The summed E-state index contributed by atoms with van der Waals surface area (Å²) in [5, 5.41) is 14.2. The number of carbonyl (C=O) groups excluding carboxylic acids is 2. The summed E-state index contributed by atoms with van der Waals surface area (Å²) in [4.78, 5) is 37.2. The number of hydrogen-bond acceptors (Lipinski definition) is 4. The van der Waals surface area contributed by atoms with Gasteiger partial charge in [-0.25, -0.2) is 4.79 Å². The maximum atomic E-state index is 12.3. The molecular weight excluding hydrogens is 340 g/mol. The maximum Gasteiger partial charge on any atom is 0.326 e. The molecule has 0 radical (unpaired) electrons. The number of carboxylic acid groups (broad SMARTS) is 1. The van der Waals surface area contributed by atoms with Gasteiger partial charge in [-0.15, -0.1) is 11.3 Å². The third-order valence-electron chi connectivity index (χ3n) is 4.22. The van der Waals surface area contributed by atoms with Gasteiger partial charge in [-0.3, -0.25) is 9.59 Å². The third kappa shape index (κ3) is 5.85. The summed E-state index contributed by atoms with van der Waals surface area (Å²) in [6.45, 7) is 3.57. The number of aliphatic carboxylic acids is 1. The van der Waals surface area contributed by atoms with Crippen molar-refractivity contribution in [2.75, 3.05) is 6.54 Å². The predicted octanol–water partition coefficient (Wildman–Crippen LogP) is 2.36. The zero-order chi connectivity index (χ0) is 18.4. The Labute approximate surface area is 152 Å². The lowest BCUT2D eigenvalue weighted by Crippen LogP contribution is -2.46. The van der Waals surface area contributed by atoms with Crippen LogP contribution in [0.15, 0.2) is 6.07 Å². The highest BCUT2D eigenvalue weighted by Gasteiger charge is 2.22. The smallest absolute Gasteiger partial charge is 0.326 e. The molecule has 0 fully saturated rings. The fraction of sp³-hybridized carbons (Fsp3) is 0.611. The molecular formula is C18H26N2O4S. The van der Waals surface area contributed by atoms with E-state index in [-0.39, 0.29) is 18.4 Å². The summed E-state index contributed by atoms with van der Waals surface area (Å²) >= 11 is 1.50. The van der Waals surface area contributed by atoms with Crippen LogP contribution in [0.25, 0.3) is 0 Å². The van der Waals surface area contributed by atoms with Gasteiger partial charge in [0.1, 0.15) is 6.04 Å². The predicted molar refractivity (Wildman–Crippen MR) is 96.9 cm³/mol. The van der Waals surface area contributed by atoms with Gasteiger partial charge < -0.3 is 15.7 Å². The Bertz CT molecular complexity index is 616. The summed E-state index contributed by atoms with van der Waals surface area (Å²) in [5.74, 6) is -1.67. The molecule has 1 aliphatic rings. The number of carbonyl (C=O) groups is 3. The van der Waals surface area contributed by atoms with Crippen molar-refractivity contribution in [3.63, 3.8) is 0 Å². The number of hydrogen-bond donors (Lipinski definition) is 3. The Morgan fingerprint density at radius 1 is 1.20 bits per heavy atom. The van der Waals surface area contributed by atoms with Gasteiger partial charge in [0.05, 0.1) is 11.4 Å². The molecule has 2 amide bonds. The van der Waals surface area contributed by atoms with Crippen LogP contribution < -0.4 is 10.6 Å². The molecule has 1 atom stereocenters. The van der Waals surface area contributed by atoms with Crippen molar-refractivity contribution in [3.8, 4) is 0 Å². The minimum Gasteiger partial charge on any atom is -0.480 e. The van der Waals surface area contributed by atoms with E-state index in [4.69, 9.17) is 5.11 Å². The second-order valence-corrected chi connectivity index (χ2v) is 8.03. The van der Waals surface area contributed by atoms with E-state index in [2.05, 4.69) is 10.6 Å². The van der Waals surface area contributed by atoms with Crippen molar-refractivity contribution in [2.45, 2.75) is 58.4 Å². The molecule has 0 saturated heterocycles. The number of fused-ring (bicyclic) bond motifs is 1. The number of amides is 2. The van der Waals surface area contributed by atoms with E-state index in [1.165, 1.54) is 28.2 Å². The quantitative estimate of drug-likeness (QED) is 0.646. The van der Waals surface area contributed by atoms with Crippen molar-refractivity contribution < 1.29 is 19.5 Å². The standard InChI is InChI=1S/C18H26N2O4S/c1-11(2)8-13(18(23)24)20-16(21)10-19-17(22)15-9-12-6-4-3-5-7-14(12)25-15/h9,11,13H,3-8,10H2,1-2H3,(H,19,22)(H,20,21)(H,23,24)/t13-/m0/s1. The van der Waals surface area contributed by atoms with Gasteiger partial charge >= 0.3 is 5.97 Å². The van der Waals surface area contributed by atoms with Gasteiger partial charge in [0.2, 0.25) is 5.91 Å². The summed E-state index contributed by atoms with van der Waals surface area (Å²) in [6.07, 6.45) is 5.91.